The van der Waals surface area contributed by atoms with Crippen LogP contribution >= 0.6 is 11.6 Å². The molecular weight excluding hydrogens is 358 g/mol. The number of esters is 1. The van der Waals surface area contributed by atoms with Crippen molar-refractivity contribution in [3.63, 3.8) is 0 Å². The summed E-state index contributed by atoms with van der Waals surface area (Å²) in [4.78, 5) is 26.8. The van der Waals surface area contributed by atoms with Gasteiger partial charge in [0.15, 0.2) is 6.61 Å². The van der Waals surface area contributed by atoms with Crippen LogP contribution in [0, 0.1) is 13.8 Å². The van der Waals surface area contributed by atoms with E-state index in [2.05, 4.69) is 15.5 Å². The van der Waals surface area contributed by atoms with Crippen molar-refractivity contribution in [2.45, 2.75) is 20.8 Å². The number of para-hydroxylation sites is 1. The highest BCUT2D eigenvalue weighted by Gasteiger charge is 2.18. The van der Waals surface area contributed by atoms with Gasteiger partial charge in [0.25, 0.3) is 5.91 Å². The van der Waals surface area contributed by atoms with Gasteiger partial charge in [0.1, 0.15) is 5.75 Å². The Bertz CT molecular complexity index is 830. The molecule has 1 aromatic heterocycles. The Balaban J connectivity index is 1.94. The molecule has 0 bridgehead atoms. The first-order valence-corrected chi connectivity index (χ1v) is 8.37. The van der Waals surface area contributed by atoms with E-state index in [4.69, 9.17) is 21.1 Å². The van der Waals surface area contributed by atoms with Crippen molar-refractivity contribution in [2.24, 2.45) is 5.10 Å². The van der Waals surface area contributed by atoms with Gasteiger partial charge in [-0.3, -0.25) is 4.79 Å². The van der Waals surface area contributed by atoms with Gasteiger partial charge in [0.2, 0.25) is 0 Å². The summed E-state index contributed by atoms with van der Waals surface area (Å²) >= 11 is 5.95. The summed E-state index contributed by atoms with van der Waals surface area (Å²) < 4.78 is 10.3. The third kappa shape index (κ3) is 4.86. The number of amides is 1. The lowest BCUT2D eigenvalue weighted by Crippen LogP contribution is -2.24. The second kappa shape index (κ2) is 9.05. The summed E-state index contributed by atoms with van der Waals surface area (Å²) in [5.74, 6) is -0.411. The Kier molecular flexibility index (Phi) is 6.80. The number of aryl methyl sites for hydroxylation is 1. The molecule has 2 aromatic rings. The summed E-state index contributed by atoms with van der Waals surface area (Å²) in [6.45, 7) is 5.37. The predicted molar refractivity (Wildman–Crippen MR) is 98.9 cm³/mol. The number of carbonyl (C=O) groups excluding carboxylic acids is 2. The number of hydrogen-bond acceptors (Lipinski definition) is 5. The highest BCUT2D eigenvalue weighted by Crippen LogP contribution is 2.22. The van der Waals surface area contributed by atoms with E-state index in [1.807, 2.05) is 0 Å². The van der Waals surface area contributed by atoms with Gasteiger partial charge in [-0.25, -0.2) is 10.2 Å². The minimum Gasteiger partial charge on any atom is -0.482 e. The number of benzene rings is 1. The topological polar surface area (TPSA) is 92.8 Å². The number of hydrogen-bond donors (Lipinski definition) is 2. The van der Waals surface area contributed by atoms with E-state index in [1.165, 1.54) is 6.21 Å². The zero-order valence-corrected chi connectivity index (χ0v) is 15.5. The number of nitrogens with one attached hydrogen (secondary N) is 2. The first-order chi connectivity index (χ1) is 12.4. The third-order valence-electron chi connectivity index (χ3n) is 3.53. The number of carbonyl (C=O) groups is 2. The molecule has 0 fully saturated rings. The van der Waals surface area contributed by atoms with Crippen LogP contribution in [0.25, 0.3) is 0 Å². The Labute approximate surface area is 156 Å². The zero-order chi connectivity index (χ0) is 19.1. The normalized spacial score (nSPS) is 10.8. The molecule has 0 saturated heterocycles. The van der Waals surface area contributed by atoms with Crippen LogP contribution in [0.4, 0.5) is 0 Å². The van der Waals surface area contributed by atoms with Gasteiger partial charge in [-0.15, -0.1) is 0 Å². The predicted octanol–water partition coefficient (Wildman–Crippen LogP) is 2.99. The Morgan fingerprint density at radius 2 is 2.04 bits per heavy atom. The smallest absolute Gasteiger partial charge is 0.340 e. The van der Waals surface area contributed by atoms with Crippen LogP contribution in [0.1, 0.15) is 34.2 Å². The fourth-order valence-corrected chi connectivity index (χ4v) is 2.51. The molecule has 1 heterocycles. The molecule has 0 unspecified atom stereocenters. The van der Waals surface area contributed by atoms with E-state index in [0.717, 1.165) is 0 Å². The van der Waals surface area contributed by atoms with Crippen LogP contribution in [-0.2, 0) is 9.53 Å². The van der Waals surface area contributed by atoms with E-state index in [0.29, 0.717) is 39.9 Å². The molecule has 0 saturated carbocycles. The summed E-state index contributed by atoms with van der Waals surface area (Å²) in [7, 11) is 0. The van der Waals surface area contributed by atoms with Crippen LogP contribution in [0.15, 0.2) is 29.4 Å². The number of H-pyrrole nitrogens is 1. The molecule has 0 aliphatic rings. The van der Waals surface area contributed by atoms with Crippen LogP contribution < -0.4 is 10.2 Å². The van der Waals surface area contributed by atoms with Gasteiger partial charge in [-0.05, 0) is 38.5 Å². The van der Waals surface area contributed by atoms with Crippen molar-refractivity contribution >= 4 is 29.7 Å². The number of halogens is 1. The lowest BCUT2D eigenvalue weighted by molar-refractivity contribution is -0.123. The fraction of sp³-hybridized carbons (Fsp3) is 0.278. The molecule has 1 aromatic carbocycles. The van der Waals surface area contributed by atoms with E-state index < -0.39 is 11.9 Å². The molecular formula is C18H20ClN3O4. The maximum absolute atomic E-state index is 11.9. The fourth-order valence-electron chi connectivity index (χ4n) is 2.32. The van der Waals surface area contributed by atoms with E-state index in [1.54, 1.807) is 45.0 Å². The number of aromatic amines is 1. The van der Waals surface area contributed by atoms with Crippen molar-refractivity contribution in [3.8, 4) is 5.75 Å². The first kappa shape index (κ1) is 19.5. The molecule has 8 heteroatoms. The second-order valence-corrected chi connectivity index (χ2v) is 5.80. The lowest BCUT2D eigenvalue weighted by atomic mass is 10.1. The summed E-state index contributed by atoms with van der Waals surface area (Å²) in [5, 5.41) is 4.30. The van der Waals surface area contributed by atoms with E-state index in [9.17, 15) is 9.59 Å². The molecule has 0 radical (unpaired) electrons. The number of ether oxygens (including phenoxy) is 2. The second-order valence-electron chi connectivity index (χ2n) is 5.40. The molecule has 138 valence electrons. The van der Waals surface area contributed by atoms with Crippen molar-refractivity contribution in [3.05, 3.63) is 51.8 Å². The summed E-state index contributed by atoms with van der Waals surface area (Å²) in [6, 6.07) is 6.87. The number of nitrogens with zero attached hydrogens (tertiary/aromatic N) is 1. The molecule has 0 spiro atoms. The largest absolute Gasteiger partial charge is 0.482 e. The molecule has 0 atom stereocenters. The minimum atomic E-state index is -0.437. The third-order valence-corrected chi connectivity index (χ3v) is 3.85. The van der Waals surface area contributed by atoms with Gasteiger partial charge < -0.3 is 14.5 Å². The molecule has 1 amide bonds. The van der Waals surface area contributed by atoms with Crippen LogP contribution in [0.5, 0.6) is 5.75 Å². The minimum absolute atomic E-state index is 0.224. The monoisotopic (exact) mass is 377 g/mol. The molecule has 7 nitrogen and oxygen atoms in total. The molecule has 0 aliphatic carbocycles. The van der Waals surface area contributed by atoms with Crippen molar-refractivity contribution < 1.29 is 19.1 Å². The van der Waals surface area contributed by atoms with Crippen LogP contribution in [-0.4, -0.2) is 36.3 Å². The van der Waals surface area contributed by atoms with Gasteiger partial charge in [0, 0.05) is 5.69 Å². The van der Waals surface area contributed by atoms with Crippen molar-refractivity contribution in [1.29, 1.82) is 0 Å². The van der Waals surface area contributed by atoms with Gasteiger partial charge in [-0.2, -0.15) is 5.10 Å². The quantitative estimate of drug-likeness (QED) is 0.440. The molecule has 2 N–H and O–H groups in total. The average molecular weight is 378 g/mol. The van der Waals surface area contributed by atoms with Crippen LogP contribution in [0.2, 0.25) is 5.02 Å². The maximum atomic E-state index is 11.9. The van der Waals surface area contributed by atoms with Gasteiger partial charge in [0.05, 0.1) is 29.1 Å². The van der Waals surface area contributed by atoms with E-state index >= 15 is 0 Å². The Hall–Kier alpha value is -2.80. The molecule has 26 heavy (non-hydrogen) atoms. The van der Waals surface area contributed by atoms with Gasteiger partial charge >= 0.3 is 5.97 Å². The zero-order valence-electron chi connectivity index (χ0n) is 14.8. The van der Waals surface area contributed by atoms with E-state index in [-0.39, 0.29) is 6.61 Å². The number of rotatable bonds is 7. The lowest BCUT2D eigenvalue weighted by Gasteiger charge is -2.06. The van der Waals surface area contributed by atoms with Crippen molar-refractivity contribution in [1.82, 2.24) is 10.4 Å². The molecule has 2 rings (SSSR count). The maximum Gasteiger partial charge on any atom is 0.340 e. The first-order valence-electron chi connectivity index (χ1n) is 7.99. The van der Waals surface area contributed by atoms with Gasteiger partial charge in [-0.1, -0.05) is 23.7 Å². The number of aromatic nitrogens is 1. The van der Waals surface area contributed by atoms with Crippen molar-refractivity contribution in [2.75, 3.05) is 13.2 Å². The summed E-state index contributed by atoms with van der Waals surface area (Å²) in [5.41, 5.74) is 4.82. The highest BCUT2D eigenvalue weighted by atomic mass is 35.5. The Morgan fingerprint density at radius 1 is 1.31 bits per heavy atom. The van der Waals surface area contributed by atoms with Crippen LogP contribution in [0.3, 0.4) is 0 Å². The molecule has 0 aliphatic heterocycles. The SMILES string of the molecule is CCOC(=O)c1c(C)[nH]c(/C=N/NC(=O)COc2ccccc2Cl)c1C. The average Bonchev–Trinajstić information content (AvgIpc) is 2.88. The standard InChI is InChI=1S/C18H20ClN3O4/c1-4-25-18(24)17-11(2)14(21-12(17)3)9-20-22-16(23)10-26-15-8-6-5-7-13(15)19/h5-9,21H,4,10H2,1-3H3,(H,22,23)/b20-9+. The summed E-state index contributed by atoms with van der Waals surface area (Å²) in [6.07, 6.45) is 1.43. The highest BCUT2D eigenvalue weighted by molar-refractivity contribution is 6.32. The Morgan fingerprint density at radius 3 is 2.73 bits per heavy atom. The number of hydrazone groups is 1.